The van der Waals surface area contributed by atoms with Crippen molar-refractivity contribution < 1.29 is 13.9 Å². The van der Waals surface area contributed by atoms with E-state index in [0.717, 1.165) is 5.56 Å². The molecule has 160 valence electrons. The number of nitrogens with zero attached hydrogens (tertiary/aromatic N) is 2. The van der Waals surface area contributed by atoms with Crippen LogP contribution in [-0.4, -0.2) is 16.6 Å². The number of fused-ring (bicyclic) bond motifs is 1. The van der Waals surface area contributed by atoms with Crippen LogP contribution in [0.5, 0.6) is 0 Å². The molecule has 9 heteroatoms. The van der Waals surface area contributed by atoms with E-state index in [1.807, 2.05) is 0 Å². The fourth-order valence-corrected chi connectivity index (χ4v) is 4.83. The molecule has 0 fully saturated rings. The quantitative estimate of drug-likeness (QED) is 0.483. The van der Waals surface area contributed by atoms with E-state index in [2.05, 4.69) is 20.9 Å². The molecule has 0 N–H and O–H groups in total. The van der Waals surface area contributed by atoms with Crippen molar-refractivity contribution in [3.8, 4) is 0 Å². The number of allylic oxidation sites excluding steroid dienone is 1. The predicted octanol–water partition coefficient (Wildman–Crippen LogP) is 4.20. The summed E-state index contributed by atoms with van der Waals surface area (Å²) in [6.45, 7) is 5.31. The molecule has 3 aromatic rings. The summed E-state index contributed by atoms with van der Waals surface area (Å²) in [6, 6.07) is 9.90. The molecule has 31 heavy (non-hydrogen) atoms. The van der Waals surface area contributed by atoms with Gasteiger partial charge in [0.15, 0.2) is 9.47 Å². The molecule has 1 atom stereocenters. The number of halogens is 2. The number of thiazole rings is 1. The van der Waals surface area contributed by atoms with Crippen molar-refractivity contribution in [3.63, 3.8) is 0 Å². The molecule has 0 saturated heterocycles. The standard InChI is InChI=1S/C22H18BrClN2O4S/c1-11(2)29-21(28)18-12(3)25-22-26(19(18)13-4-6-14(24)7-5-13)20(27)16(31-22)10-15-8-9-17(23)30-15/h4-11,19H,1-3H3/b16-10-. The zero-order valence-corrected chi connectivity index (χ0v) is 20.0. The van der Waals surface area contributed by atoms with Gasteiger partial charge in [0, 0.05) is 11.1 Å². The lowest BCUT2D eigenvalue weighted by Gasteiger charge is -2.25. The number of hydrogen-bond donors (Lipinski definition) is 0. The van der Waals surface area contributed by atoms with Crippen LogP contribution in [0, 0.1) is 0 Å². The maximum absolute atomic E-state index is 13.4. The minimum atomic E-state index is -0.676. The molecule has 0 amide bonds. The number of rotatable bonds is 4. The summed E-state index contributed by atoms with van der Waals surface area (Å²) in [6.07, 6.45) is 1.36. The maximum Gasteiger partial charge on any atom is 0.338 e. The first-order valence-corrected chi connectivity index (χ1v) is 11.5. The van der Waals surface area contributed by atoms with Gasteiger partial charge in [-0.15, -0.1) is 0 Å². The van der Waals surface area contributed by atoms with Gasteiger partial charge in [0.2, 0.25) is 0 Å². The number of ether oxygens (including phenoxy) is 1. The van der Waals surface area contributed by atoms with Crippen molar-refractivity contribution in [1.29, 1.82) is 0 Å². The molecule has 3 heterocycles. The van der Waals surface area contributed by atoms with E-state index in [1.165, 1.54) is 15.9 Å². The van der Waals surface area contributed by atoms with E-state index in [9.17, 15) is 9.59 Å². The molecular weight excluding hydrogens is 504 g/mol. The SMILES string of the molecule is CC1=C(C(=O)OC(C)C)C(c2ccc(Cl)cc2)n2c(s/c(=C\c3ccc(Br)o3)c2=O)=N1. The third-order valence-corrected chi connectivity index (χ3v) is 6.30. The lowest BCUT2D eigenvalue weighted by molar-refractivity contribution is -0.143. The van der Waals surface area contributed by atoms with Gasteiger partial charge in [0.25, 0.3) is 5.56 Å². The Balaban J connectivity index is 1.95. The summed E-state index contributed by atoms with van der Waals surface area (Å²) in [5, 5.41) is 0.562. The Morgan fingerprint density at radius 1 is 1.29 bits per heavy atom. The van der Waals surface area contributed by atoms with Gasteiger partial charge in [-0.1, -0.05) is 35.1 Å². The molecule has 6 nitrogen and oxygen atoms in total. The topological polar surface area (TPSA) is 73.8 Å². The summed E-state index contributed by atoms with van der Waals surface area (Å²) >= 11 is 10.6. The Labute approximate surface area is 195 Å². The molecule has 1 aliphatic rings. The van der Waals surface area contributed by atoms with Crippen molar-refractivity contribution >= 4 is 50.9 Å². The van der Waals surface area contributed by atoms with Crippen molar-refractivity contribution in [2.24, 2.45) is 4.99 Å². The minimum Gasteiger partial charge on any atom is -0.459 e. The second-order valence-electron chi connectivity index (χ2n) is 7.23. The fourth-order valence-electron chi connectivity index (χ4n) is 3.36. The lowest BCUT2D eigenvalue weighted by atomic mass is 9.96. The summed E-state index contributed by atoms with van der Waals surface area (Å²) in [5.41, 5.74) is 1.32. The monoisotopic (exact) mass is 520 g/mol. The first kappa shape index (κ1) is 21.8. The molecule has 1 unspecified atom stereocenters. The second kappa shape index (κ2) is 8.61. The molecule has 1 aliphatic heterocycles. The van der Waals surface area contributed by atoms with Gasteiger partial charge in [-0.25, -0.2) is 9.79 Å². The van der Waals surface area contributed by atoms with E-state index in [4.69, 9.17) is 20.8 Å². The van der Waals surface area contributed by atoms with Gasteiger partial charge in [0.05, 0.1) is 27.9 Å². The summed E-state index contributed by atoms with van der Waals surface area (Å²) in [5.74, 6) is 0.0378. The van der Waals surface area contributed by atoms with Crippen LogP contribution in [-0.2, 0) is 9.53 Å². The van der Waals surface area contributed by atoms with E-state index in [-0.39, 0.29) is 11.7 Å². The smallest absolute Gasteiger partial charge is 0.338 e. The van der Waals surface area contributed by atoms with Crippen molar-refractivity contribution in [1.82, 2.24) is 4.57 Å². The van der Waals surface area contributed by atoms with Gasteiger partial charge in [-0.3, -0.25) is 9.36 Å². The summed E-state index contributed by atoms with van der Waals surface area (Å²) in [4.78, 5) is 31.4. The second-order valence-corrected chi connectivity index (χ2v) is 9.46. The Morgan fingerprint density at radius 3 is 2.61 bits per heavy atom. The Kier molecular flexibility index (Phi) is 6.05. The van der Waals surface area contributed by atoms with Gasteiger partial charge in [-0.2, -0.15) is 0 Å². The average Bonchev–Trinajstić information content (AvgIpc) is 3.24. The number of hydrogen-bond acceptors (Lipinski definition) is 6. The highest BCUT2D eigenvalue weighted by atomic mass is 79.9. The van der Waals surface area contributed by atoms with Crippen LogP contribution in [0.25, 0.3) is 6.08 Å². The predicted molar refractivity (Wildman–Crippen MR) is 123 cm³/mol. The fraction of sp³-hybridized carbons (Fsp3) is 0.227. The first-order chi connectivity index (χ1) is 14.7. The zero-order chi connectivity index (χ0) is 22.3. The third-order valence-electron chi connectivity index (χ3n) is 4.64. The van der Waals surface area contributed by atoms with E-state index >= 15 is 0 Å². The average molecular weight is 522 g/mol. The molecule has 0 aliphatic carbocycles. The van der Waals surface area contributed by atoms with Crippen LogP contribution < -0.4 is 14.9 Å². The van der Waals surface area contributed by atoms with Gasteiger partial charge in [0.1, 0.15) is 5.76 Å². The van der Waals surface area contributed by atoms with Gasteiger partial charge < -0.3 is 9.15 Å². The van der Waals surface area contributed by atoms with E-state index < -0.39 is 12.0 Å². The highest BCUT2D eigenvalue weighted by Gasteiger charge is 2.33. The Bertz CT molecular complexity index is 1370. The highest BCUT2D eigenvalue weighted by molar-refractivity contribution is 9.10. The largest absolute Gasteiger partial charge is 0.459 e. The minimum absolute atomic E-state index is 0.265. The maximum atomic E-state index is 13.4. The molecule has 4 rings (SSSR count). The molecule has 1 aromatic carbocycles. The molecule has 2 aromatic heterocycles. The Hall–Kier alpha value is -2.42. The van der Waals surface area contributed by atoms with Crippen LogP contribution in [0.2, 0.25) is 5.02 Å². The van der Waals surface area contributed by atoms with Crippen LogP contribution in [0.3, 0.4) is 0 Å². The van der Waals surface area contributed by atoms with Crippen LogP contribution >= 0.6 is 38.9 Å². The van der Waals surface area contributed by atoms with E-state index in [0.29, 0.717) is 36.1 Å². The molecular formula is C22H18BrClN2O4S. The summed E-state index contributed by atoms with van der Waals surface area (Å²) in [7, 11) is 0. The molecule has 0 bridgehead atoms. The number of aromatic nitrogens is 1. The van der Waals surface area contributed by atoms with Gasteiger partial charge >= 0.3 is 5.97 Å². The first-order valence-electron chi connectivity index (χ1n) is 9.49. The van der Waals surface area contributed by atoms with Crippen molar-refractivity contribution in [2.75, 3.05) is 0 Å². The summed E-state index contributed by atoms with van der Waals surface area (Å²) < 4.78 is 13.5. The number of carbonyl (C=O) groups excluding carboxylic acids is 1. The number of furan rings is 1. The van der Waals surface area contributed by atoms with Crippen LogP contribution in [0.4, 0.5) is 0 Å². The van der Waals surface area contributed by atoms with Crippen molar-refractivity contribution in [2.45, 2.75) is 32.9 Å². The van der Waals surface area contributed by atoms with Crippen LogP contribution in [0.1, 0.15) is 38.1 Å². The van der Waals surface area contributed by atoms with Gasteiger partial charge in [-0.05, 0) is 66.5 Å². The normalized spacial score (nSPS) is 16.5. The number of esters is 1. The van der Waals surface area contributed by atoms with Crippen LogP contribution in [0.15, 0.2) is 66.5 Å². The third kappa shape index (κ3) is 4.33. The van der Waals surface area contributed by atoms with E-state index in [1.54, 1.807) is 63.2 Å². The molecule has 0 spiro atoms. The molecule has 0 radical (unpaired) electrons. The lowest BCUT2D eigenvalue weighted by Crippen LogP contribution is -2.40. The van der Waals surface area contributed by atoms with Crippen molar-refractivity contribution in [3.05, 3.63) is 88.4 Å². The Morgan fingerprint density at radius 2 is 2.00 bits per heavy atom. The number of carbonyl (C=O) groups is 1. The zero-order valence-electron chi connectivity index (χ0n) is 16.9. The molecule has 0 saturated carbocycles. The number of benzene rings is 1. The highest BCUT2D eigenvalue weighted by Crippen LogP contribution is 2.31.